The number of rotatable bonds is 4. The van der Waals surface area contributed by atoms with Crippen LogP contribution >= 0.6 is 11.6 Å². The minimum Gasteiger partial charge on any atom is -0.348 e. The molecular weight excluding hydrogens is 299 g/mol. The van der Waals surface area contributed by atoms with Crippen LogP contribution in [-0.2, 0) is 6.54 Å². The fraction of sp³-hybridized carbons (Fsp3) is 0.0714. The zero-order valence-corrected chi connectivity index (χ0v) is 11.4. The zero-order chi connectivity index (χ0) is 15.4. The SMILES string of the molecule is O=C(NCc1cccc(F)c1)c1ccc(Cl)c([N+](=O)[O-])c1. The molecule has 0 fully saturated rings. The van der Waals surface area contributed by atoms with E-state index in [2.05, 4.69) is 5.32 Å². The number of nitrogens with zero attached hydrogens (tertiary/aromatic N) is 1. The molecule has 2 aromatic carbocycles. The van der Waals surface area contributed by atoms with E-state index in [-0.39, 0.29) is 22.8 Å². The van der Waals surface area contributed by atoms with Crippen LogP contribution < -0.4 is 5.32 Å². The molecule has 1 amide bonds. The van der Waals surface area contributed by atoms with Crippen molar-refractivity contribution < 1.29 is 14.1 Å². The second kappa shape index (κ2) is 6.32. The first kappa shape index (κ1) is 14.9. The van der Waals surface area contributed by atoms with E-state index in [0.717, 1.165) is 6.07 Å². The molecule has 0 spiro atoms. The quantitative estimate of drug-likeness (QED) is 0.695. The van der Waals surface area contributed by atoms with Gasteiger partial charge in [-0.3, -0.25) is 14.9 Å². The first-order chi connectivity index (χ1) is 9.97. The van der Waals surface area contributed by atoms with Crippen LogP contribution in [0.5, 0.6) is 0 Å². The summed E-state index contributed by atoms with van der Waals surface area (Å²) in [7, 11) is 0. The Morgan fingerprint density at radius 1 is 1.29 bits per heavy atom. The molecule has 0 heterocycles. The van der Waals surface area contributed by atoms with Crippen molar-refractivity contribution in [2.45, 2.75) is 6.54 Å². The predicted octanol–water partition coefficient (Wildman–Crippen LogP) is 3.32. The van der Waals surface area contributed by atoms with Crippen LogP contribution in [-0.4, -0.2) is 10.8 Å². The molecule has 0 atom stereocenters. The Morgan fingerprint density at radius 2 is 2.05 bits per heavy atom. The van der Waals surface area contributed by atoms with Gasteiger partial charge in [0.05, 0.1) is 4.92 Å². The number of hydrogen-bond acceptors (Lipinski definition) is 3. The van der Waals surface area contributed by atoms with E-state index in [1.54, 1.807) is 6.07 Å². The molecule has 2 aromatic rings. The third-order valence-corrected chi connectivity index (χ3v) is 3.07. The molecule has 0 aliphatic carbocycles. The number of nitrogens with one attached hydrogen (secondary N) is 1. The lowest BCUT2D eigenvalue weighted by Crippen LogP contribution is -2.22. The first-order valence-corrected chi connectivity index (χ1v) is 6.32. The number of carbonyl (C=O) groups is 1. The molecule has 1 N–H and O–H groups in total. The molecular formula is C14H10ClFN2O3. The molecule has 0 saturated carbocycles. The average molecular weight is 309 g/mol. The summed E-state index contributed by atoms with van der Waals surface area (Å²) >= 11 is 5.67. The van der Waals surface area contributed by atoms with E-state index in [0.29, 0.717) is 5.56 Å². The lowest BCUT2D eigenvalue weighted by atomic mass is 10.1. The second-order valence-electron chi connectivity index (χ2n) is 4.24. The van der Waals surface area contributed by atoms with Crippen LogP contribution in [0, 0.1) is 15.9 Å². The Balaban J connectivity index is 2.10. The molecule has 5 nitrogen and oxygen atoms in total. The fourth-order valence-corrected chi connectivity index (χ4v) is 1.91. The summed E-state index contributed by atoms with van der Waals surface area (Å²) in [6, 6.07) is 9.56. The smallest absolute Gasteiger partial charge is 0.288 e. The lowest BCUT2D eigenvalue weighted by molar-refractivity contribution is -0.384. The number of halogens is 2. The molecule has 7 heteroatoms. The summed E-state index contributed by atoms with van der Waals surface area (Å²) in [6.45, 7) is 0.118. The van der Waals surface area contributed by atoms with Crippen molar-refractivity contribution in [1.82, 2.24) is 5.32 Å². The number of nitro benzene ring substituents is 1. The van der Waals surface area contributed by atoms with E-state index >= 15 is 0 Å². The van der Waals surface area contributed by atoms with Gasteiger partial charge < -0.3 is 5.32 Å². The van der Waals surface area contributed by atoms with E-state index in [9.17, 15) is 19.3 Å². The molecule has 2 rings (SSSR count). The van der Waals surface area contributed by atoms with Crippen molar-refractivity contribution in [3.05, 3.63) is 74.5 Å². The van der Waals surface area contributed by atoms with Crippen molar-refractivity contribution in [3.8, 4) is 0 Å². The maximum Gasteiger partial charge on any atom is 0.288 e. The topological polar surface area (TPSA) is 72.2 Å². The highest BCUT2D eigenvalue weighted by molar-refractivity contribution is 6.32. The first-order valence-electron chi connectivity index (χ1n) is 5.94. The fourth-order valence-electron chi connectivity index (χ4n) is 1.73. The summed E-state index contributed by atoms with van der Waals surface area (Å²) < 4.78 is 13.0. The summed E-state index contributed by atoms with van der Waals surface area (Å²) in [5.74, 6) is -0.900. The number of benzene rings is 2. The van der Waals surface area contributed by atoms with Gasteiger partial charge in [0.25, 0.3) is 11.6 Å². The zero-order valence-electron chi connectivity index (χ0n) is 10.7. The van der Waals surface area contributed by atoms with Gasteiger partial charge in [-0.2, -0.15) is 0 Å². The van der Waals surface area contributed by atoms with Gasteiger partial charge >= 0.3 is 0 Å². The monoisotopic (exact) mass is 308 g/mol. The Kier molecular flexibility index (Phi) is 4.49. The van der Waals surface area contributed by atoms with Gasteiger partial charge in [-0.25, -0.2) is 4.39 Å². The van der Waals surface area contributed by atoms with Gasteiger partial charge in [0.1, 0.15) is 10.8 Å². The van der Waals surface area contributed by atoms with Crippen molar-refractivity contribution in [3.63, 3.8) is 0 Å². The normalized spacial score (nSPS) is 10.2. The van der Waals surface area contributed by atoms with Crippen LogP contribution in [0.4, 0.5) is 10.1 Å². The van der Waals surface area contributed by atoms with Crippen LogP contribution in [0.25, 0.3) is 0 Å². The number of nitro groups is 1. The molecule has 0 unspecified atom stereocenters. The molecule has 0 aliphatic heterocycles. The van der Waals surface area contributed by atoms with Crippen LogP contribution in [0.15, 0.2) is 42.5 Å². The summed E-state index contributed by atoms with van der Waals surface area (Å²) in [5, 5.41) is 13.3. The van der Waals surface area contributed by atoms with Crippen LogP contribution in [0.1, 0.15) is 15.9 Å². The summed E-state index contributed by atoms with van der Waals surface area (Å²) in [6.07, 6.45) is 0. The van der Waals surface area contributed by atoms with E-state index in [1.165, 1.54) is 30.3 Å². The molecule has 21 heavy (non-hydrogen) atoms. The lowest BCUT2D eigenvalue weighted by Gasteiger charge is -2.06. The highest BCUT2D eigenvalue weighted by Crippen LogP contribution is 2.25. The van der Waals surface area contributed by atoms with Crippen molar-refractivity contribution >= 4 is 23.2 Å². The van der Waals surface area contributed by atoms with Gasteiger partial charge in [-0.15, -0.1) is 0 Å². The molecule has 0 radical (unpaired) electrons. The van der Waals surface area contributed by atoms with Crippen LogP contribution in [0.2, 0.25) is 5.02 Å². The molecule has 0 aromatic heterocycles. The van der Waals surface area contributed by atoms with Gasteiger partial charge in [-0.1, -0.05) is 23.7 Å². The second-order valence-corrected chi connectivity index (χ2v) is 4.64. The Bertz CT molecular complexity index is 706. The number of carbonyl (C=O) groups excluding carboxylic acids is 1. The van der Waals surface area contributed by atoms with Gasteiger partial charge in [0, 0.05) is 18.2 Å². The summed E-state index contributed by atoms with van der Waals surface area (Å²) in [4.78, 5) is 22.0. The number of amides is 1. The molecule has 0 bridgehead atoms. The Morgan fingerprint density at radius 3 is 2.71 bits per heavy atom. The standard InChI is InChI=1S/C14H10ClFN2O3/c15-12-5-4-10(7-13(12)18(20)21)14(19)17-8-9-2-1-3-11(16)6-9/h1-7H,8H2,(H,17,19). The largest absolute Gasteiger partial charge is 0.348 e. The van der Waals surface area contributed by atoms with E-state index < -0.39 is 16.6 Å². The molecule has 0 saturated heterocycles. The van der Waals surface area contributed by atoms with Crippen LogP contribution in [0.3, 0.4) is 0 Å². The third-order valence-electron chi connectivity index (χ3n) is 2.75. The van der Waals surface area contributed by atoms with Crippen molar-refractivity contribution in [2.75, 3.05) is 0 Å². The predicted molar refractivity (Wildman–Crippen MR) is 75.7 cm³/mol. The maximum atomic E-state index is 13.0. The van der Waals surface area contributed by atoms with Crippen molar-refractivity contribution in [2.24, 2.45) is 0 Å². The van der Waals surface area contributed by atoms with Gasteiger partial charge in [0.2, 0.25) is 0 Å². The van der Waals surface area contributed by atoms with E-state index in [1.807, 2.05) is 0 Å². The highest BCUT2D eigenvalue weighted by Gasteiger charge is 2.16. The summed E-state index contributed by atoms with van der Waals surface area (Å²) in [5.41, 5.74) is 0.365. The highest BCUT2D eigenvalue weighted by atomic mass is 35.5. The Hall–Kier alpha value is -2.47. The van der Waals surface area contributed by atoms with E-state index in [4.69, 9.17) is 11.6 Å². The minimum atomic E-state index is -0.661. The van der Waals surface area contributed by atoms with Gasteiger partial charge in [0.15, 0.2) is 0 Å². The average Bonchev–Trinajstić information content (AvgIpc) is 2.45. The van der Waals surface area contributed by atoms with Gasteiger partial charge in [-0.05, 0) is 29.8 Å². The molecule has 108 valence electrons. The Labute approximate surface area is 124 Å². The number of hydrogen-bond donors (Lipinski definition) is 1. The minimum absolute atomic E-state index is 0.0401. The van der Waals surface area contributed by atoms with Crippen molar-refractivity contribution in [1.29, 1.82) is 0 Å². The molecule has 0 aliphatic rings. The third kappa shape index (κ3) is 3.76. The maximum absolute atomic E-state index is 13.0.